The molecule has 0 aliphatic heterocycles. The summed E-state index contributed by atoms with van der Waals surface area (Å²) in [5, 5.41) is 9.09. The first kappa shape index (κ1) is 32.9. The summed E-state index contributed by atoms with van der Waals surface area (Å²) in [7, 11) is 0. The van der Waals surface area contributed by atoms with Crippen molar-refractivity contribution in [1.29, 1.82) is 0 Å². The quantitative estimate of drug-likeness (QED) is 0.0947. The molecule has 214 valence electrons. The number of aliphatic imine (C=N–C) groups is 1. The second kappa shape index (κ2) is 17.4. The second-order valence-electron chi connectivity index (χ2n) is 11.0. The number of nitrogens with zero attached hydrogens (tertiary/aromatic N) is 1. The average molecular weight is 532 g/mol. The molecule has 0 unspecified atom stereocenters. The van der Waals surface area contributed by atoms with Crippen LogP contribution in [0.3, 0.4) is 0 Å². The van der Waals surface area contributed by atoms with Gasteiger partial charge in [0, 0.05) is 13.0 Å². The van der Waals surface area contributed by atoms with Gasteiger partial charge in [-0.25, -0.2) is 0 Å². The van der Waals surface area contributed by atoms with E-state index in [9.17, 15) is 14.4 Å². The molecule has 0 radical (unpaired) electrons. The van der Waals surface area contributed by atoms with Gasteiger partial charge >= 0.3 is 0 Å². The van der Waals surface area contributed by atoms with Gasteiger partial charge < -0.3 is 33.2 Å². The van der Waals surface area contributed by atoms with Crippen LogP contribution in [0.25, 0.3) is 0 Å². The maximum Gasteiger partial charge on any atom is 0.243 e. The molecule has 0 aliphatic carbocycles. The van der Waals surface area contributed by atoms with E-state index < -0.39 is 29.9 Å². The maximum absolute atomic E-state index is 13.3. The van der Waals surface area contributed by atoms with Crippen molar-refractivity contribution in [2.75, 3.05) is 13.1 Å². The number of nitrogens with two attached hydrogens (primary N) is 3. The summed E-state index contributed by atoms with van der Waals surface area (Å²) in [6.07, 6.45) is 3.10. The van der Waals surface area contributed by atoms with Gasteiger partial charge in [0.05, 0.1) is 6.04 Å². The summed E-state index contributed by atoms with van der Waals surface area (Å²) in [5.74, 6) is -0.437. The largest absolute Gasteiger partial charge is 0.370 e. The van der Waals surface area contributed by atoms with Gasteiger partial charge in [-0.2, -0.15) is 0 Å². The molecule has 1 rings (SSSR count). The minimum Gasteiger partial charge on any atom is -0.370 e. The van der Waals surface area contributed by atoms with Crippen LogP contribution in [0, 0.1) is 17.8 Å². The number of guanidine groups is 1. The Hall–Kier alpha value is -3.14. The molecular weight excluding hydrogens is 482 g/mol. The monoisotopic (exact) mass is 531 g/mol. The third-order valence-electron chi connectivity index (χ3n) is 6.17. The summed E-state index contributed by atoms with van der Waals surface area (Å²) in [6, 6.07) is 7.25. The van der Waals surface area contributed by atoms with Gasteiger partial charge in [-0.3, -0.25) is 19.4 Å². The number of hydrogen-bond acceptors (Lipinski definition) is 5. The molecule has 9 N–H and O–H groups in total. The van der Waals surface area contributed by atoms with Crippen LogP contribution in [-0.4, -0.2) is 54.9 Å². The zero-order valence-electron chi connectivity index (χ0n) is 23.7. The predicted molar refractivity (Wildman–Crippen MR) is 153 cm³/mol. The van der Waals surface area contributed by atoms with Crippen LogP contribution in [-0.2, 0) is 20.8 Å². The van der Waals surface area contributed by atoms with Crippen LogP contribution in [0.2, 0.25) is 0 Å². The molecule has 0 saturated carbocycles. The zero-order chi connectivity index (χ0) is 28.7. The lowest BCUT2D eigenvalue weighted by molar-refractivity contribution is -0.132. The predicted octanol–water partition coefficient (Wildman–Crippen LogP) is 1.42. The first-order chi connectivity index (χ1) is 17.9. The summed E-state index contributed by atoms with van der Waals surface area (Å²) in [4.78, 5) is 42.7. The van der Waals surface area contributed by atoms with Crippen LogP contribution in [0.4, 0.5) is 0 Å². The molecule has 4 atom stereocenters. The van der Waals surface area contributed by atoms with Gasteiger partial charge in [0.25, 0.3) is 0 Å². The van der Waals surface area contributed by atoms with Crippen molar-refractivity contribution in [3.8, 4) is 0 Å². The lowest BCUT2D eigenvalue weighted by Gasteiger charge is -2.27. The molecule has 0 fully saturated rings. The van der Waals surface area contributed by atoms with E-state index in [1.54, 1.807) is 0 Å². The zero-order valence-corrected chi connectivity index (χ0v) is 23.7. The van der Waals surface area contributed by atoms with Crippen LogP contribution in [0.15, 0.2) is 35.3 Å². The standard InChI is InChI=1S/C28H49N7O3/c1-18(2)14-23(33-17-20(5)10-9-13-32-28(30)31)26(37)35-24(15-19(3)4)27(38)34-22(25(29)36)16-21-11-7-6-8-12-21/h6-8,11-12,18-20,22-24,33H,9-10,13-17H2,1-5H3,(H2,29,36)(H,34,38)(H,35,37)(H4,30,31,32)/t20-,22-,23-,24-/m0/s1. The SMILES string of the molecule is CC(C)C[C@H](NC[C@@H](C)CCCN=C(N)N)C(=O)N[C@@H](CC(C)C)C(=O)N[C@@H](Cc1ccccc1)C(N)=O. The van der Waals surface area contributed by atoms with Crippen molar-refractivity contribution in [2.24, 2.45) is 39.9 Å². The van der Waals surface area contributed by atoms with E-state index in [0.29, 0.717) is 31.8 Å². The van der Waals surface area contributed by atoms with E-state index in [4.69, 9.17) is 17.2 Å². The van der Waals surface area contributed by atoms with E-state index in [1.807, 2.05) is 44.2 Å². The van der Waals surface area contributed by atoms with Gasteiger partial charge in [-0.15, -0.1) is 0 Å². The number of carbonyl (C=O) groups excluding carboxylic acids is 3. The van der Waals surface area contributed by atoms with Gasteiger partial charge in [0.15, 0.2) is 5.96 Å². The topological polar surface area (TPSA) is 178 Å². The van der Waals surface area contributed by atoms with Crippen molar-refractivity contribution < 1.29 is 14.4 Å². The lowest BCUT2D eigenvalue weighted by atomic mass is 9.98. The van der Waals surface area contributed by atoms with Gasteiger partial charge in [0.2, 0.25) is 17.7 Å². The van der Waals surface area contributed by atoms with Crippen LogP contribution < -0.4 is 33.2 Å². The Balaban J connectivity index is 2.85. The summed E-state index contributed by atoms with van der Waals surface area (Å²) in [6.45, 7) is 11.4. The Kier molecular flexibility index (Phi) is 15.0. The Morgan fingerprint density at radius 2 is 1.37 bits per heavy atom. The van der Waals surface area contributed by atoms with Crippen LogP contribution >= 0.6 is 0 Å². The maximum atomic E-state index is 13.3. The number of rotatable bonds is 18. The third-order valence-corrected chi connectivity index (χ3v) is 6.17. The lowest BCUT2D eigenvalue weighted by Crippen LogP contribution is -2.57. The molecule has 0 spiro atoms. The van der Waals surface area contributed by atoms with Crippen molar-refractivity contribution in [2.45, 2.75) is 84.8 Å². The first-order valence-electron chi connectivity index (χ1n) is 13.6. The minimum atomic E-state index is -0.874. The van der Waals surface area contributed by atoms with Crippen LogP contribution in [0.1, 0.15) is 65.9 Å². The van der Waals surface area contributed by atoms with E-state index in [-0.39, 0.29) is 30.1 Å². The molecule has 3 amide bonds. The highest BCUT2D eigenvalue weighted by Gasteiger charge is 2.29. The number of primary amides is 1. The molecule has 0 aliphatic rings. The van der Waals surface area contributed by atoms with Crippen LogP contribution in [0.5, 0.6) is 0 Å². The molecule has 0 aromatic heterocycles. The molecule has 1 aromatic carbocycles. The summed E-state index contributed by atoms with van der Waals surface area (Å²) in [5.41, 5.74) is 17.2. The third kappa shape index (κ3) is 14.0. The Morgan fingerprint density at radius 3 is 1.92 bits per heavy atom. The second-order valence-corrected chi connectivity index (χ2v) is 11.0. The summed E-state index contributed by atoms with van der Waals surface area (Å²) >= 11 is 0. The fourth-order valence-corrected chi connectivity index (χ4v) is 4.17. The molecule has 10 nitrogen and oxygen atoms in total. The number of nitrogens with one attached hydrogen (secondary N) is 3. The number of amides is 3. The van der Waals surface area contributed by atoms with Gasteiger partial charge in [-0.1, -0.05) is 65.0 Å². The highest BCUT2D eigenvalue weighted by molar-refractivity contribution is 5.92. The normalized spacial score (nSPS) is 14.4. The van der Waals surface area contributed by atoms with E-state index in [2.05, 4.69) is 41.7 Å². The van der Waals surface area contributed by atoms with E-state index >= 15 is 0 Å². The number of hydrogen-bond donors (Lipinski definition) is 6. The molecule has 0 saturated heterocycles. The number of carbonyl (C=O) groups is 3. The van der Waals surface area contributed by atoms with E-state index in [0.717, 1.165) is 18.4 Å². The molecule has 10 heteroatoms. The smallest absolute Gasteiger partial charge is 0.243 e. The van der Waals surface area contributed by atoms with Crippen molar-refractivity contribution in [1.82, 2.24) is 16.0 Å². The average Bonchev–Trinajstić information content (AvgIpc) is 2.83. The van der Waals surface area contributed by atoms with Gasteiger partial charge in [0.1, 0.15) is 12.1 Å². The highest BCUT2D eigenvalue weighted by atomic mass is 16.2. The van der Waals surface area contributed by atoms with Crippen molar-refractivity contribution in [3.63, 3.8) is 0 Å². The molecule has 1 aromatic rings. The fourth-order valence-electron chi connectivity index (χ4n) is 4.17. The minimum absolute atomic E-state index is 0.0895. The molecule has 38 heavy (non-hydrogen) atoms. The number of benzene rings is 1. The summed E-state index contributed by atoms with van der Waals surface area (Å²) < 4.78 is 0. The highest BCUT2D eigenvalue weighted by Crippen LogP contribution is 2.12. The van der Waals surface area contributed by atoms with Crippen molar-refractivity contribution in [3.05, 3.63) is 35.9 Å². The molecule has 0 heterocycles. The Bertz CT molecular complexity index is 886. The fraction of sp³-hybridized carbons (Fsp3) is 0.643. The Morgan fingerprint density at radius 1 is 0.816 bits per heavy atom. The van der Waals surface area contributed by atoms with Gasteiger partial charge in [-0.05, 0) is 55.5 Å². The van der Waals surface area contributed by atoms with E-state index in [1.165, 1.54) is 0 Å². The molecule has 0 bridgehead atoms. The first-order valence-corrected chi connectivity index (χ1v) is 13.6. The molecular formula is C28H49N7O3. The Labute approximate surface area is 228 Å². The van der Waals surface area contributed by atoms with Crippen molar-refractivity contribution >= 4 is 23.7 Å².